The lowest BCUT2D eigenvalue weighted by molar-refractivity contribution is 0.422. The van der Waals surface area contributed by atoms with E-state index in [2.05, 4.69) is 90.2 Å². The van der Waals surface area contributed by atoms with Crippen molar-refractivity contribution < 1.29 is 5.11 Å². The third-order valence-corrected chi connectivity index (χ3v) is 4.70. The lowest BCUT2D eigenvalue weighted by atomic mass is 9.78. The standard InChI is InChI=1S/C23H33NO/c1-16(18-11-9-8-10-12-18)24-15-17-13-19(22(2,3)4)21(25)20(14-17)23(5,6)7/h8-14,16,24-25H,15H2,1-7H3. The summed E-state index contributed by atoms with van der Waals surface area (Å²) in [5.41, 5.74) is 4.35. The van der Waals surface area contributed by atoms with E-state index in [9.17, 15) is 5.11 Å². The molecule has 25 heavy (non-hydrogen) atoms. The van der Waals surface area contributed by atoms with Crippen LogP contribution in [0.1, 0.15) is 76.8 Å². The number of nitrogens with one attached hydrogen (secondary N) is 1. The Morgan fingerprint density at radius 2 is 1.36 bits per heavy atom. The van der Waals surface area contributed by atoms with Crippen LogP contribution in [0.4, 0.5) is 0 Å². The van der Waals surface area contributed by atoms with Crippen LogP contribution in [0.3, 0.4) is 0 Å². The zero-order chi connectivity index (χ0) is 18.8. The molecule has 0 radical (unpaired) electrons. The molecule has 0 spiro atoms. The monoisotopic (exact) mass is 339 g/mol. The molecule has 0 heterocycles. The van der Waals surface area contributed by atoms with E-state index in [1.165, 1.54) is 11.1 Å². The fourth-order valence-corrected chi connectivity index (χ4v) is 3.07. The Bertz CT molecular complexity index is 670. The molecule has 1 unspecified atom stereocenters. The highest BCUT2D eigenvalue weighted by atomic mass is 16.3. The van der Waals surface area contributed by atoms with E-state index in [4.69, 9.17) is 0 Å². The van der Waals surface area contributed by atoms with Gasteiger partial charge in [0.1, 0.15) is 5.75 Å². The van der Waals surface area contributed by atoms with Crippen molar-refractivity contribution in [3.8, 4) is 5.75 Å². The Kier molecular flexibility index (Phi) is 5.63. The van der Waals surface area contributed by atoms with Crippen molar-refractivity contribution in [1.29, 1.82) is 0 Å². The normalized spacial score (nSPS) is 13.7. The van der Waals surface area contributed by atoms with E-state index < -0.39 is 0 Å². The van der Waals surface area contributed by atoms with Crippen molar-refractivity contribution >= 4 is 0 Å². The van der Waals surface area contributed by atoms with Crippen LogP contribution >= 0.6 is 0 Å². The van der Waals surface area contributed by atoms with E-state index in [1.807, 2.05) is 6.07 Å². The minimum atomic E-state index is -0.0921. The first-order valence-electron chi connectivity index (χ1n) is 9.15. The largest absolute Gasteiger partial charge is 0.507 e. The highest BCUT2D eigenvalue weighted by molar-refractivity contribution is 5.49. The minimum absolute atomic E-state index is 0.0921. The van der Waals surface area contributed by atoms with Gasteiger partial charge in [-0.05, 0) is 40.0 Å². The van der Waals surface area contributed by atoms with Crippen molar-refractivity contribution in [2.75, 3.05) is 0 Å². The van der Waals surface area contributed by atoms with Crippen molar-refractivity contribution in [3.05, 3.63) is 64.7 Å². The predicted molar refractivity (Wildman–Crippen MR) is 107 cm³/mol. The molecule has 0 aromatic heterocycles. The topological polar surface area (TPSA) is 32.3 Å². The van der Waals surface area contributed by atoms with Gasteiger partial charge in [0.2, 0.25) is 0 Å². The van der Waals surface area contributed by atoms with Crippen molar-refractivity contribution in [2.45, 2.75) is 71.9 Å². The first kappa shape index (κ1) is 19.5. The summed E-state index contributed by atoms with van der Waals surface area (Å²) >= 11 is 0. The molecule has 2 heteroatoms. The molecule has 0 aliphatic carbocycles. The van der Waals surface area contributed by atoms with Gasteiger partial charge in [-0.3, -0.25) is 0 Å². The molecule has 0 fully saturated rings. The van der Waals surface area contributed by atoms with Crippen LogP contribution in [0, 0.1) is 0 Å². The lowest BCUT2D eigenvalue weighted by Crippen LogP contribution is -2.21. The number of aromatic hydroxyl groups is 1. The second-order valence-corrected chi connectivity index (χ2v) is 9.05. The Morgan fingerprint density at radius 3 is 1.80 bits per heavy atom. The molecule has 2 aromatic rings. The Labute approximate surface area is 153 Å². The number of benzene rings is 2. The average Bonchev–Trinajstić information content (AvgIpc) is 2.52. The van der Waals surface area contributed by atoms with Gasteiger partial charge in [0, 0.05) is 12.6 Å². The van der Waals surface area contributed by atoms with Crippen LogP contribution in [0.5, 0.6) is 5.75 Å². The molecule has 136 valence electrons. The molecule has 0 saturated heterocycles. The summed E-state index contributed by atoms with van der Waals surface area (Å²) in [5.74, 6) is 0.444. The first-order chi connectivity index (χ1) is 11.5. The minimum Gasteiger partial charge on any atom is -0.507 e. The number of hydrogen-bond donors (Lipinski definition) is 2. The van der Waals surface area contributed by atoms with Crippen LogP contribution < -0.4 is 5.32 Å². The average molecular weight is 340 g/mol. The quantitative estimate of drug-likeness (QED) is 0.733. The van der Waals surface area contributed by atoms with Gasteiger partial charge in [0.05, 0.1) is 0 Å². The molecule has 1 atom stereocenters. The zero-order valence-electron chi connectivity index (χ0n) is 16.8. The highest BCUT2D eigenvalue weighted by Crippen LogP contribution is 2.39. The maximum absolute atomic E-state index is 10.8. The Morgan fingerprint density at radius 1 is 0.880 bits per heavy atom. The summed E-state index contributed by atoms with van der Waals surface area (Å²) in [5, 5.41) is 14.4. The number of hydrogen-bond acceptors (Lipinski definition) is 2. The van der Waals surface area contributed by atoms with Gasteiger partial charge in [0.25, 0.3) is 0 Å². The van der Waals surface area contributed by atoms with Crippen LogP contribution in [-0.2, 0) is 17.4 Å². The van der Waals surface area contributed by atoms with E-state index in [1.54, 1.807) is 0 Å². The summed E-state index contributed by atoms with van der Waals surface area (Å²) in [4.78, 5) is 0. The molecule has 0 bridgehead atoms. The molecule has 2 nitrogen and oxygen atoms in total. The number of rotatable bonds is 4. The first-order valence-corrected chi connectivity index (χ1v) is 9.15. The second kappa shape index (κ2) is 7.21. The lowest BCUT2D eigenvalue weighted by Gasteiger charge is -2.28. The van der Waals surface area contributed by atoms with Crippen LogP contribution in [0.15, 0.2) is 42.5 Å². The maximum atomic E-state index is 10.8. The van der Waals surface area contributed by atoms with Gasteiger partial charge in [-0.25, -0.2) is 0 Å². The molecule has 2 N–H and O–H groups in total. The second-order valence-electron chi connectivity index (χ2n) is 9.05. The van der Waals surface area contributed by atoms with E-state index in [0.29, 0.717) is 5.75 Å². The summed E-state index contributed by atoms with van der Waals surface area (Å²) in [6.07, 6.45) is 0. The van der Waals surface area contributed by atoms with E-state index in [-0.39, 0.29) is 16.9 Å². The molecule has 0 aliphatic heterocycles. The summed E-state index contributed by atoms with van der Waals surface area (Å²) in [7, 11) is 0. The molecule has 0 saturated carbocycles. The molecule has 2 rings (SSSR count). The highest BCUT2D eigenvalue weighted by Gasteiger charge is 2.26. The summed E-state index contributed by atoms with van der Waals surface area (Å²) in [6, 6.07) is 15.1. The Balaban J connectivity index is 2.31. The SMILES string of the molecule is CC(NCc1cc(C(C)(C)C)c(O)c(C(C)(C)C)c1)c1ccccc1. The summed E-state index contributed by atoms with van der Waals surface area (Å²) in [6.45, 7) is 15.9. The van der Waals surface area contributed by atoms with Crippen LogP contribution in [-0.4, -0.2) is 5.11 Å². The van der Waals surface area contributed by atoms with Crippen LogP contribution in [0.25, 0.3) is 0 Å². The predicted octanol–water partition coefficient (Wildman–Crippen LogP) is 5.84. The van der Waals surface area contributed by atoms with Gasteiger partial charge < -0.3 is 10.4 Å². The fourth-order valence-electron chi connectivity index (χ4n) is 3.07. The van der Waals surface area contributed by atoms with Gasteiger partial charge >= 0.3 is 0 Å². The molecular formula is C23H33NO. The van der Waals surface area contributed by atoms with Gasteiger partial charge in [-0.1, -0.05) is 84.0 Å². The van der Waals surface area contributed by atoms with Crippen molar-refractivity contribution in [2.24, 2.45) is 0 Å². The molecule has 0 aliphatic rings. The van der Waals surface area contributed by atoms with Gasteiger partial charge in [0.15, 0.2) is 0 Å². The van der Waals surface area contributed by atoms with Crippen molar-refractivity contribution in [3.63, 3.8) is 0 Å². The molecule has 2 aromatic carbocycles. The smallest absolute Gasteiger partial charge is 0.123 e. The molecular weight excluding hydrogens is 306 g/mol. The van der Waals surface area contributed by atoms with Crippen LogP contribution in [0.2, 0.25) is 0 Å². The van der Waals surface area contributed by atoms with Gasteiger partial charge in [-0.15, -0.1) is 0 Å². The maximum Gasteiger partial charge on any atom is 0.123 e. The Hall–Kier alpha value is -1.80. The number of phenols is 1. The number of phenolic OH excluding ortho intramolecular Hbond substituents is 1. The third kappa shape index (κ3) is 4.85. The summed E-state index contributed by atoms with van der Waals surface area (Å²) < 4.78 is 0. The van der Waals surface area contributed by atoms with Gasteiger partial charge in [-0.2, -0.15) is 0 Å². The fraction of sp³-hybridized carbons (Fsp3) is 0.478. The van der Waals surface area contributed by atoms with E-state index >= 15 is 0 Å². The zero-order valence-corrected chi connectivity index (χ0v) is 16.8. The third-order valence-electron chi connectivity index (χ3n) is 4.70. The van der Waals surface area contributed by atoms with Crippen molar-refractivity contribution in [1.82, 2.24) is 5.32 Å². The van der Waals surface area contributed by atoms with E-state index in [0.717, 1.165) is 17.7 Å². The molecule has 0 amide bonds.